The molecule has 0 bridgehead atoms. The van der Waals surface area contributed by atoms with E-state index in [1.54, 1.807) is 6.26 Å². The van der Waals surface area contributed by atoms with Crippen LogP contribution in [0.25, 0.3) is 0 Å². The Balaban J connectivity index is 0.000000653. The number of rotatable bonds is 0. The second-order valence-electron chi connectivity index (χ2n) is 2.86. The summed E-state index contributed by atoms with van der Waals surface area (Å²) in [5.41, 5.74) is 2.30. The highest BCUT2D eigenvalue weighted by Crippen LogP contribution is 2.41. The van der Waals surface area contributed by atoms with Crippen molar-refractivity contribution in [2.24, 2.45) is 0 Å². The van der Waals surface area contributed by atoms with E-state index in [9.17, 15) is 0 Å². The number of ether oxygens (including phenoxy) is 1. The lowest BCUT2D eigenvalue weighted by atomic mass is 10.2. The first-order valence-corrected chi connectivity index (χ1v) is 3.92. The summed E-state index contributed by atoms with van der Waals surface area (Å²) in [4.78, 5) is 2.13. The van der Waals surface area contributed by atoms with Gasteiger partial charge in [0.1, 0.15) is 11.9 Å². The van der Waals surface area contributed by atoms with E-state index in [0.717, 1.165) is 23.8 Å². The molecule has 2 aliphatic rings. The first kappa shape index (κ1) is 14.2. The van der Waals surface area contributed by atoms with E-state index in [1.807, 2.05) is 18.3 Å². The second kappa shape index (κ2) is 5.35. The summed E-state index contributed by atoms with van der Waals surface area (Å²) < 4.78 is 5.35. The van der Waals surface area contributed by atoms with Crippen molar-refractivity contribution >= 4 is 48.6 Å². The fourth-order valence-corrected chi connectivity index (χ4v) is 1.61. The van der Waals surface area contributed by atoms with Gasteiger partial charge in [0, 0.05) is 6.20 Å². The molecule has 1 aromatic rings. The predicted molar refractivity (Wildman–Crippen MR) is 68.9 cm³/mol. The van der Waals surface area contributed by atoms with Crippen LogP contribution in [-0.4, -0.2) is 6.67 Å². The van der Waals surface area contributed by atoms with Crippen LogP contribution in [0.15, 0.2) is 30.7 Å². The Bertz CT molecular complexity index is 370. The molecule has 1 aromatic carbocycles. The normalized spacial score (nSPS) is 13.5. The molecule has 2 heterocycles. The molecule has 0 spiro atoms. The molecule has 1 N–H and O–H groups in total. The van der Waals surface area contributed by atoms with Gasteiger partial charge in [-0.2, -0.15) is 0 Å². The lowest BCUT2D eigenvalue weighted by molar-refractivity contribution is 0.472. The lowest BCUT2D eigenvalue weighted by Gasteiger charge is -2.19. The quantitative estimate of drug-likeness (QED) is 0.783. The molecule has 3 rings (SSSR count). The van der Waals surface area contributed by atoms with Crippen LogP contribution < -0.4 is 15.0 Å². The van der Waals surface area contributed by atoms with Gasteiger partial charge in [-0.05, 0) is 12.1 Å². The third kappa shape index (κ3) is 2.09. The Morgan fingerprint density at radius 3 is 2.80 bits per heavy atom. The molecule has 6 heteroatoms. The smallest absolute Gasteiger partial charge is 0.152 e. The molecule has 84 valence electrons. The van der Waals surface area contributed by atoms with Crippen molar-refractivity contribution < 1.29 is 4.74 Å². The molecule has 3 nitrogen and oxygen atoms in total. The number of nitrogens with zero attached hydrogens (tertiary/aromatic N) is 1. The summed E-state index contributed by atoms with van der Waals surface area (Å²) in [6.45, 7) is 0.839. The van der Waals surface area contributed by atoms with E-state index in [1.165, 1.54) is 0 Å². The van der Waals surface area contributed by atoms with Gasteiger partial charge in [-0.3, -0.25) is 0 Å². The van der Waals surface area contributed by atoms with Crippen molar-refractivity contribution in [3.63, 3.8) is 0 Å². The number of hydrogen-bond acceptors (Lipinski definition) is 3. The molecule has 0 amide bonds. The third-order valence-electron chi connectivity index (χ3n) is 2.16. The molecule has 0 saturated carbocycles. The highest BCUT2D eigenvalue weighted by Gasteiger charge is 2.22. The fraction of sp³-hybridized carbons (Fsp3) is 0.111. The average molecular weight is 270 g/mol. The number of halogens is 3. The molecule has 15 heavy (non-hydrogen) atoms. The summed E-state index contributed by atoms with van der Waals surface area (Å²) in [6.07, 6.45) is 3.64. The van der Waals surface area contributed by atoms with Crippen molar-refractivity contribution in [3.05, 3.63) is 30.7 Å². The Hall–Kier alpha value is -0.770. The van der Waals surface area contributed by atoms with Crippen LogP contribution in [0.4, 0.5) is 11.4 Å². The van der Waals surface area contributed by atoms with Crippen LogP contribution in [0.1, 0.15) is 0 Å². The van der Waals surface area contributed by atoms with Gasteiger partial charge in [-0.25, -0.2) is 0 Å². The standard InChI is InChI=1S/C9H8N2O.3ClH/c1-2-7-9-8(3-1)12-5-4-11(9)6-10-7;;;/h1-5,10H,6H2;3*1H. The van der Waals surface area contributed by atoms with Crippen molar-refractivity contribution in [1.29, 1.82) is 0 Å². The van der Waals surface area contributed by atoms with Gasteiger partial charge < -0.3 is 15.0 Å². The van der Waals surface area contributed by atoms with Crippen LogP contribution in [0.3, 0.4) is 0 Å². The maximum Gasteiger partial charge on any atom is 0.152 e. The molecule has 0 radical (unpaired) electrons. The maximum atomic E-state index is 5.35. The van der Waals surface area contributed by atoms with Crippen LogP contribution in [-0.2, 0) is 0 Å². The fourth-order valence-electron chi connectivity index (χ4n) is 1.61. The summed E-state index contributed by atoms with van der Waals surface area (Å²) in [6, 6.07) is 6.02. The largest absolute Gasteiger partial charge is 0.461 e. The molecule has 0 aliphatic carbocycles. The van der Waals surface area contributed by atoms with Crippen LogP contribution in [0.2, 0.25) is 0 Å². The van der Waals surface area contributed by atoms with E-state index in [0.29, 0.717) is 0 Å². The van der Waals surface area contributed by atoms with Gasteiger partial charge in [0.15, 0.2) is 5.75 Å². The van der Waals surface area contributed by atoms with Crippen molar-refractivity contribution in [3.8, 4) is 5.75 Å². The van der Waals surface area contributed by atoms with Gasteiger partial charge in [0.2, 0.25) is 0 Å². The van der Waals surface area contributed by atoms with E-state index < -0.39 is 0 Å². The van der Waals surface area contributed by atoms with Crippen molar-refractivity contribution in [1.82, 2.24) is 0 Å². The van der Waals surface area contributed by atoms with E-state index in [-0.39, 0.29) is 37.2 Å². The number of nitrogens with one attached hydrogen (secondary N) is 1. The molecule has 0 unspecified atom stereocenters. The van der Waals surface area contributed by atoms with Gasteiger partial charge in [0.25, 0.3) is 0 Å². The highest BCUT2D eigenvalue weighted by atomic mass is 35.5. The minimum Gasteiger partial charge on any atom is -0.461 e. The first-order chi connectivity index (χ1) is 5.95. The Kier molecular flexibility index (Phi) is 5.08. The SMILES string of the molecule is C1=CN2CNc3cccc(c32)O1.Cl.Cl.Cl. The minimum absolute atomic E-state index is 0. The number of benzene rings is 1. The molecule has 0 atom stereocenters. The molecule has 0 saturated heterocycles. The Morgan fingerprint density at radius 1 is 1.20 bits per heavy atom. The van der Waals surface area contributed by atoms with Crippen LogP contribution in [0.5, 0.6) is 5.75 Å². The van der Waals surface area contributed by atoms with Crippen molar-refractivity contribution in [2.75, 3.05) is 16.9 Å². The molecule has 0 aromatic heterocycles. The van der Waals surface area contributed by atoms with Gasteiger partial charge in [-0.15, -0.1) is 37.2 Å². The monoisotopic (exact) mass is 268 g/mol. The third-order valence-corrected chi connectivity index (χ3v) is 2.16. The zero-order valence-corrected chi connectivity index (χ0v) is 10.1. The topological polar surface area (TPSA) is 24.5 Å². The predicted octanol–water partition coefficient (Wildman–Crippen LogP) is 3.01. The first-order valence-electron chi connectivity index (χ1n) is 3.92. The highest BCUT2D eigenvalue weighted by molar-refractivity contribution is 5.86. The summed E-state index contributed by atoms with van der Waals surface area (Å²) >= 11 is 0. The summed E-state index contributed by atoms with van der Waals surface area (Å²) in [7, 11) is 0. The Labute approximate surface area is 107 Å². The molecular formula is C9H11Cl3N2O. The average Bonchev–Trinajstić information content (AvgIpc) is 2.52. The van der Waals surface area contributed by atoms with Crippen molar-refractivity contribution in [2.45, 2.75) is 0 Å². The summed E-state index contributed by atoms with van der Waals surface area (Å²) in [5, 5.41) is 3.28. The number of hydrogen-bond donors (Lipinski definition) is 1. The second-order valence-corrected chi connectivity index (χ2v) is 2.86. The number of anilines is 2. The van der Waals surface area contributed by atoms with E-state index in [2.05, 4.69) is 16.3 Å². The van der Waals surface area contributed by atoms with Gasteiger partial charge in [-0.1, -0.05) is 6.07 Å². The zero-order chi connectivity index (χ0) is 7.97. The van der Waals surface area contributed by atoms with E-state index in [4.69, 9.17) is 4.74 Å². The Morgan fingerprint density at radius 2 is 2.00 bits per heavy atom. The van der Waals surface area contributed by atoms with Crippen LogP contribution in [0, 0.1) is 0 Å². The molecule has 0 fully saturated rings. The summed E-state index contributed by atoms with van der Waals surface area (Å²) in [5.74, 6) is 0.931. The number of para-hydroxylation sites is 1. The maximum absolute atomic E-state index is 5.35. The van der Waals surface area contributed by atoms with Crippen LogP contribution >= 0.6 is 37.2 Å². The molecule has 2 aliphatic heterocycles. The van der Waals surface area contributed by atoms with E-state index >= 15 is 0 Å². The van der Waals surface area contributed by atoms with Gasteiger partial charge >= 0.3 is 0 Å². The molecular weight excluding hydrogens is 258 g/mol. The lowest BCUT2D eigenvalue weighted by Crippen LogP contribution is -2.17. The van der Waals surface area contributed by atoms with Gasteiger partial charge in [0.05, 0.1) is 12.4 Å². The zero-order valence-electron chi connectivity index (χ0n) is 7.67. The minimum atomic E-state index is 0.